The molecule has 0 aromatic heterocycles. The number of nitrogens with zero attached hydrogens (tertiary/aromatic N) is 1. The van der Waals surface area contributed by atoms with Crippen LogP contribution in [-0.4, -0.2) is 43.5 Å². The minimum absolute atomic E-state index is 0.0625. The number of hydrogen-bond acceptors (Lipinski definition) is 3. The van der Waals surface area contributed by atoms with E-state index in [0.29, 0.717) is 37.4 Å². The highest BCUT2D eigenvalue weighted by Gasteiger charge is 2.29. The van der Waals surface area contributed by atoms with E-state index in [0.717, 1.165) is 16.7 Å². The molecule has 1 fully saturated rings. The van der Waals surface area contributed by atoms with Gasteiger partial charge < -0.3 is 15.0 Å². The summed E-state index contributed by atoms with van der Waals surface area (Å²) in [5.74, 6) is -0.347. The van der Waals surface area contributed by atoms with Gasteiger partial charge in [0.25, 0.3) is 5.91 Å². The summed E-state index contributed by atoms with van der Waals surface area (Å²) in [4.78, 5) is 27.6. The van der Waals surface area contributed by atoms with Crippen molar-refractivity contribution in [2.24, 2.45) is 5.92 Å². The highest BCUT2D eigenvalue weighted by Crippen LogP contribution is 2.24. The molecule has 0 bridgehead atoms. The quantitative estimate of drug-likeness (QED) is 0.665. The normalized spacial score (nSPS) is 16.2. The molecule has 164 valence electrons. The average molecular weight is 432 g/mol. The van der Waals surface area contributed by atoms with Crippen LogP contribution in [0.25, 0.3) is 11.1 Å². The molecule has 5 nitrogen and oxygen atoms in total. The molecule has 1 heterocycles. The van der Waals surface area contributed by atoms with Gasteiger partial charge in [-0.25, -0.2) is 4.39 Å². The Morgan fingerprint density at radius 2 is 1.84 bits per heavy atom. The molecule has 0 radical (unpaired) electrons. The summed E-state index contributed by atoms with van der Waals surface area (Å²) in [6.07, 6.45) is 0.497. The van der Waals surface area contributed by atoms with Gasteiger partial charge in [0.2, 0.25) is 5.91 Å². The lowest BCUT2D eigenvalue weighted by Gasteiger charge is -2.24. The number of benzene rings is 3. The Morgan fingerprint density at radius 1 is 1.06 bits per heavy atom. The van der Waals surface area contributed by atoms with Gasteiger partial charge in [0, 0.05) is 19.6 Å². The van der Waals surface area contributed by atoms with Gasteiger partial charge in [0.05, 0.1) is 18.6 Å². The summed E-state index contributed by atoms with van der Waals surface area (Å²) in [6, 6.07) is 21.3. The third-order valence-electron chi connectivity index (χ3n) is 5.70. The summed E-state index contributed by atoms with van der Waals surface area (Å²) < 4.78 is 18.6. The molecule has 1 atom stereocenters. The fraction of sp³-hybridized carbons (Fsp3) is 0.231. The van der Waals surface area contributed by atoms with Crippen molar-refractivity contribution in [3.63, 3.8) is 0 Å². The van der Waals surface area contributed by atoms with Gasteiger partial charge in [-0.2, -0.15) is 0 Å². The zero-order chi connectivity index (χ0) is 22.5. The number of halogens is 1. The molecule has 0 saturated carbocycles. The van der Waals surface area contributed by atoms with E-state index in [1.807, 2.05) is 30.3 Å². The average Bonchev–Trinajstić information content (AvgIpc) is 3.00. The second-order valence-electron chi connectivity index (χ2n) is 7.85. The fourth-order valence-corrected chi connectivity index (χ4v) is 4.04. The van der Waals surface area contributed by atoms with Gasteiger partial charge >= 0.3 is 0 Å². The maximum Gasteiger partial charge on any atom is 0.257 e. The van der Waals surface area contributed by atoms with E-state index in [1.165, 1.54) is 19.2 Å². The first-order valence-corrected chi connectivity index (χ1v) is 10.6. The van der Waals surface area contributed by atoms with Crippen LogP contribution < -0.4 is 10.1 Å². The Hall–Kier alpha value is -3.67. The van der Waals surface area contributed by atoms with Gasteiger partial charge in [0.1, 0.15) is 11.6 Å². The Bertz CT molecular complexity index is 1110. The highest BCUT2D eigenvalue weighted by molar-refractivity contribution is 5.97. The third kappa shape index (κ3) is 4.80. The topological polar surface area (TPSA) is 58.6 Å². The Labute approximate surface area is 186 Å². The smallest absolute Gasteiger partial charge is 0.257 e. The number of nitrogens with one attached hydrogen (secondary N) is 1. The SMILES string of the molecule is COc1ccccc1C(=O)N1CCNC(=O)C(Cc2cccc(-c3ccc(F)cc3)c2)C1. The lowest BCUT2D eigenvalue weighted by Crippen LogP contribution is -2.37. The fourth-order valence-electron chi connectivity index (χ4n) is 4.04. The number of amides is 2. The zero-order valence-electron chi connectivity index (χ0n) is 17.9. The summed E-state index contributed by atoms with van der Waals surface area (Å²) in [5.41, 5.74) is 3.34. The lowest BCUT2D eigenvalue weighted by atomic mass is 9.95. The predicted molar refractivity (Wildman–Crippen MR) is 121 cm³/mol. The molecule has 1 saturated heterocycles. The molecule has 1 unspecified atom stereocenters. The van der Waals surface area contributed by atoms with Crippen molar-refractivity contribution in [1.82, 2.24) is 10.2 Å². The summed E-state index contributed by atoms with van der Waals surface area (Å²) in [6.45, 7) is 1.17. The van der Waals surface area contributed by atoms with Crippen LogP contribution in [0.5, 0.6) is 5.75 Å². The van der Waals surface area contributed by atoms with Gasteiger partial charge in [-0.3, -0.25) is 9.59 Å². The lowest BCUT2D eigenvalue weighted by molar-refractivity contribution is -0.124. The second-order valence-corrected chi connectivity index (χ2v) is 7.85. The van der Waals surface area contributed by atoms with E-state index in [2.05, 4.69) is 5.32 Å². The third-order valence-corrected chi connectivity index (χ3v) is 5.70. The first-order valence-electron chi connectivity index (χ1n) is 10.6. The maximum atomic E-state index is 13.3. The molecular weight excluding hydrogens is 407 g/mol. The molecule has 32 heavy (non-hydrogen) atoms. The molecule has 3 aromatic carbocycles. The molecule has 6 heteroatoms. The van der Waals surface area contributed by atoms with Gasteiger partial charge in [0.15, 0.2) is 0 Å². The van der Waals surface area contributed by atoms with E-state index in [9.17, 15) is 14.0 Å². The van der Waals surface area contributed by atoms with Crippen molar-refractivity contribution in [3.8, 4) is 16.9 Å². The largest absolute Gasteiger partial charge is 0.496 e. The Morgan fingerprint density at radius 3 is 2.62 bits per heavy atom. The van der Waals surface area contributed by atoms with Gasteiger partial charge in [-0.05, 0) is 47.4 Å². The molecule has 0 spiro atoms. The van der Waals surface area contributed by atoms with E-state index in [4.69, 9.17) is 4.74 Å². The van der Waals surface area contributed by atoms with Crippen LogP contribution in [-0.2, 0) is 11.2 Å². The summed E-state index contributed by atoms with van der Waals surface area (Å²) in [7, 11) is 1.54. The number of carbonyl (C=O) groups is 2. The van der Waals surface area contributed by atoms with Crippen molar-refractivity contribution < 1.29 is 18.7 Å². The summed E-state index contributed by atoms with van der Waals surface area (Å²) >= 11 is 0. The maximum absolute atomic E-state index is 13.3. The van der Waals surface area contributed by atoms with Crippen LogP contribution in [0.1, 0.15) is 15.9 Å². The van der Waals surface area contributed by atoms with Crippen LogP contribution >= 0.6 is 0 Å². The molecular formula is C26H25FN2O3. The van der Waals surface area contributed by atoms with Gasteiger partial charge in [-0.1, -0.05) is 48.5 Å². The molecule has 2 amide bonds. The van der Waals surface area contributed by atoms with Crippen molar-refractivity contribution in [2.45, 2.75) is 6.42 Å². The monoisotopic (exact) mass is 432 g/mol. The second kappa shape index (κ2) is 9.64. The van der Waals surface area contributed by atoms with Crippen molar-refractivity contribution in [1.29, 1.82) is 0 Å². The number of para-hydroxylation sites is 1. The van der Waals surface area contributed by atoms with Crippen LogP contribution in [0.3, 0.4) is 0 Å². The standard InChI is InChI=1S/C26H25FN2O3/c1-32-24-8-3-2-7-23(24)26(31)29-14-13-28-25(30)21(17-29)16-18-5-4-6-20(15-18)19-9-11-22(27)12-10-19/h2-12,15,21H,13-14,16-17H2,1H3,(H,28,30). The van der Waals surface area contributed by atoms with Crippen LogP contribution in [0.2, 0.25) is 0 Å². The Balaban J connectivity index is 1.54. The minimum atomic E-state index is -0.375. The van der Waals surface area contributed by atoms with E-state index in [-0.39, 0.29) is 23.5 Å². The molecule has 1 aliphatic rings. The Kier molecular flexibility index (Phi) is 6.50. The van der Waals surface area contributed by atoms with Gasteiger partial charge in [-0.15, -0.1) is 0 Å². The number of ether oxygens (including phenoxy) is 1. The molecule has 3 aromatic rings. The molecule has 1 N–H and O–H groups in total. The summed E-state index contributed by atoms with van der Waals surface area (Å²) in [5, 5.41) is 2.93. The first kappa shape index (κ1) is 21.6. The van der Waals surface area contributed by atoms with E-state index in [1.54, 1.807) is 35.2 Å². The molecule has 4 rings (SSSR count). The number of carbonyl (C=O) groups excluding carboxylic acids is 2. The first-order chi connectivity index (χ1) is 15.5. The van der Waals surface area contributed by atoms with E-state index < -0.39 is 0 Å². The van der Waals surface area contributed by atoms with Crippen LogP contribution in [0.15, 0.2) is 72.8 Å². The number of rotatable bonds is 5. The molecule has 1 aliphatic heterocycles. The number of methoxy groups -OCH3 is 1. The zero-order valence-corrected chi connectivity index (χ0v) is 17.9. The minimum Gasteiger partial charge on any atom is -0.496 e. The van der Waals surface area contributed by atoms with Crippen molar-refractivity contribution in [3.05, 3.63) is 89.7 Å². The highest BCUT2D eigenvalue weighted by atomic mass is 19.1. The van der Waals surface area contributed by atoms with Crippen LogP contribution in [0, 0.1) is 11.7 Å². The van der Waals surface area contributed by atoms with Crippen molar-refractivity contribution >= 4 is 11.8 Å². The number of hydrogen-bond donors (Lipinski definition) is 1. The van der Waals surface area contributed by atoms with E-state index >= 15 is 0 Å². The van der Waals surface area contributed by atoms with Crippen molar-refractivity contribution in [2.75, 3.05) is 26.7 Å². The van der Waals surface area contributed by atoms with Crippen LogP contribution in [0.4, 0.5) is 4.39 Å². The molecule has 0 aliphatic carbocycles. The predicted octanol–water partition coefficient (Wildman–Crippen LogP) is 3.93.